The van der Waals surface area contributed by atoms with Gasteiger partial charge in [-0.3, -0.25) is 4.79 Å². The largest absolute Gasteiger partial charge is 0.462 e. The molecule has 0 saturated heterocycles. The van der Waals surface area contributed by atoms with Crippen LogP contribution in [0.1, 0.15) is 126 Å². The third-order valence-corrected chi connectivity index (χ3v) is 10.0. The highest BCUT2D eigenvalue weighted by molar-refractivity contribution is 5.66. The van der Waals surface area contributed by atoms with Crippen molar-refractivity contribution in [3.05, 3.63) is 34.9 Å². The van der Waals surface area contributed by atoms with E-state index in [0.29, 0.717) is 16.7 Å². The summed E-state index contributed by atoms with van der Waals surface area (Å²) in [5.41, 5.74) is 7.26. The summed E-state index contributed by atoms with van der Waals surface area (Å²) in [4.78, 5) is 11.6. The van der Waals surface area contributed by atoms with Gasteiger partial charge in [-0.15, -0.1) is 0 Å². The van der Waals surface area contributed by atoms with Gasteiger partial charge in [0.15, 0.2) is 0 Å². The van der Waals surface area contributed by atoms with Crippen LogP contribution in [0.4, 0.5) is 0 Å². The molecule has 3 rings (SSSR count). The van der Waals surface area contributed by atoms with E-state index in [1.807, 2.05) is 0 Å². The van der Waals surface area contributed by atoms with Crippen molar-refractivity contribution in [2.45, 2.75) is 132 Å². The van der Waals surface area contributed by atoms with Crippen LogP contribution in [0.2, 0.25) is 0 Å². The molecule has 4 atom stereocenters. The van der Waals surface area contributed by atoms with Crippen molar-refractivity contribution in [3.8, 4) is 0 Å². The highest BCUT2D eigenvalue weighted by atomic mass is 16.5. The normalized spacial score (nSPS) is 33.5. The summed E-state index contributed by atoms with van der Waals surface area (Å²) >= 11 is 0. The molecule has 2 saturated carbocycles. The minimum Gasteiger partial charge on any atom is -0.462 e. The number of fused-ring (bicyclic) bond motifs is 1. The molecule has 0 radical (unpaired) electrons. The summed E-state index contributed by atoms with van der Waals surface area (Å²) in [5, 5.41) is 0. The van der Waals surface area contributed by atoms with Crippen LogP contribution in [0.3, 0.4) is 0 Å². The number of ether oxygens (including phenoxy) is 1. The number of rotatable bonds is 7. The molecule has 3 aliphatic carbocycles. The second-order valence-electron chi connectivity index (χ2n) is 13.7. The van der Waals surface area contributed by atoms with Gasteiger partial charge in [0.25, 0.3) is 0 Å². The number of hydrogen-bond acceptors (Lipinski definition) is 2. The zero-order chi connectivity index (χ0) is 25.3. The van der Waals surface area contributed by atoms with Crippen molar-refractivity contribution >= 4 is 5.97 Å². The third-order valence-electron chi connectivity index (χ3n) is 10.0. The van der Waals surface area contributed by atoms with E-state index in [-0.39, 0.29) is 17.5 Å². The number of allylic oxidation sites excluding steroid dienone is 5. The summed E-state index contributed by atoms with van der Waals surface area (Å²) < 4.78 is 5.70. The lowest BCUT2D eigenvalue weighted by Crippen LogP contribution is -2.43. The van der Waals surface area contributed by atoms with E-state index in [4.69, 9.17) is 4.74 Å². The molecule has 0 aromatic carbocycles. The summed E-state index contributed by atoms with van der Waals surface area (Å²) in [6, 6.07) is 0. The van der Waals surface area contributed by atoms with Crippen LogP contribution in [0.25, 0.3) is 0 Å². The van der Waals surface area contributed by atoms with Crippen molar-refractivity contribution in [3.63, 3.8) is 0 Å². The number of esters is 1. The van der Waals surface area contributed by atoms with E-state index < -0.39 is 0 Å². The van der Waals surface area contributed by atoms with Gasteiger partial charge >= 0.3 is 5.97 Å². The van der Waals surface area contributed by atoms with Gasteiger partial charge in [-0.25, -0.2) is 0 Å². The minimum absolute atomic E-state index is 0.0000500. The standard InChI is InChI=1S/C32H52O2/c1-22(13-15-27-24(3)14-16-29(31(27,7)8)34-25(4)33)11-10-12-26-23(2)17-18-32(9)20-19-30(5,6)21-28(26)32/h11,27-29H,3,10,12-21H2,1-2,4-9H3. The van der Waals surface area contributed by atoms with E-state index in [2.05, 4.69) is 61.1 Å². The fraction of sp³-hybridized carbons (Fsp3) is 0.781. The number of carbonyl (C=O) groups excluding carboxylic acids is 1. The van der Waals surface area contributed by atoms with Crippen LogP contribution >= 0.6 is 0 Å². The highest BCUT2D eigenvalue weighted by Gasteiger charge is 2.46. The molecule has 0 amide bonds. The van der Waals surface area contributed by atoms with E-state index in [1.165, 1.54) is 56.6 Å². The summed E-state index contributed by atoms with van der Waals surface area (Å²) in [6.07, 6.45) is 15.8. The molecule has 0 heterocycles. The number of carbonyl (C=O) groups is 1. The van der Waals surface area contributed by atoms with Gasteiger partial charge in [0.05, 0.1) is 0 Å². The molecular formula is C32H52O2. The molecule has 2 heteroatoms. The molecule has 2 nitrogen and oxygen atoms in total. The van der Waals surface area contributed by atoms with Crippen LogP contribution in [0.5, 0.6) is 0 Å². The molecule has 0 bridgehead atoms. The Morgan fingerprint density at radius 2 is 1.79 bits per heavy atom. The Labute approximate surface area is 210 Å². The summed E-state index contributed by atoms with van der Waals surface area (Å²) in [5.74, 6) is 1.02. The molecular weight excluding hydrogens is 416 g/mol. The Hall–Kier alpha value is -1.31. The molecule has 2 fully saturated rings. The maximum absolute atomic E-state index is 11.6. The highest BCUT2D eigenvalue weighted by Crippen LogP contribution is 2.57. The Bertz CT molecular complexity index is 839. The van der Waals surface area contributed by atoms with E-state index in [1.54, 1.807) is 11.1 Å². The van der Waals surface area contributed by atoms with Crippen LogP contribution in [0.15, 0.2) is 34.9 Å². The van der Waals surface area contributed by atoms with Crippen LogP contribution in [0, 0.1) is 28.1 Å². The second kappa shape index (κ2) is 10.4. The molecule has 0 aromatic heterocycles. The van der Waals surface area contributed by atoms with E-state index in [0.717, 1.165) is 38.0 Å². The molecule has 0 N–H and O–H groups in total. The molecule has 4 unspecified atom stereocenters. The predicted octanol–water partition coefficient (Wildman–Crippen LogP) is 9.36. The summed E-state index contributed by atoms with van der Waals surface area (Å²) in [6.45, 7) is 22.7. The first kappa shape index (κ1) is 27.3. The van der Waals surface area contributed by atoms with Gasteiger partial charge in [-0.1, -0.05) is 69.6 Å². The van der Waals surface area contributed by atoms with Gasteiger partial charge in [-0.2, -0.15) is 0 Å². The molecule has 3 aliphatic rings. The fourth-order valence-corrected chi connectivity index (χ4v) is 7.41. The zero-order valence-corrected chi connectivity index (χ0v) is 23.6. The van der Waals surface area contributed by atoms with Crippen LogP contribution in [-0.2, 0) is 9.53 Å². The topological polar surface area (TPSA) is 26.3 Å². The maximum atomic E-state index is 11.6. The van der Waals surface area contributed by atoms with Gasteiger partial charge < -0.3 is 4.74 Å². The fourth-order valence-electron chi connectivity index (χ4n) is 7.41. The zero-order valence-electron chi connectivity index (χ0n) is 23.6. The van der Waals surface area contributed by atoms with Gasteiger partial charge in [0, 0.05) is 12.3 Å². The lowest BCUT2D eigenvalue weighted by Gasteiger charge is -2.52. The van der Waals surface area contributed by atoms with Crippen molar-refractivity contribution in [1.29, 1.82) is 0 Å². The van der Waals surface area contributed by atoms with E-state index >= 15 is 0 Å². The molecule has 0 aromatic rings. The SMILES string of the molecule is C=C1CCC(OC(C)=O)C(C)(C)C1CCC(C)=CCCC1=C(C)CCC2(C)CCC(C)(C)CC12. The Morgan fingerprint density at radius 3 is 2.47 bits per heavy atom. The Kier molecular flexibility index (Phi) is 8.31. The van der Waals surface area contributed by atoms with Crippen molar-refractivity contribution in [2.24, 2.45) is 28.1 Å². The lowest BCUT2D eigenvalue weighted by molar-refractivity contribution is -0.156. The summed E-state index contributed by atoms with van der Waals surface area (Å²) in [7, 11) is 0. The van der Waals surface area contributed by atoms with Gasteiger partial charge in [0.1, 0.15) is 6.10 Å². The van der Waals surface area contributed by atoms with Crippen molar-refractivity contribution in [1.82, 2.24) is 0 Å². The van der Waals surface area contributed by atoms with E-state index in [9.17, 15) is 4.79 Å². The Balaban J connectivity index is 1.60. The third kappa shape index (κ3) is 6.08. The predicted molar refractivity (Wildman–Crippen MR) is 145 cm³/mol. The second-order valence-corrected chi connectivity index (χ2v) is 13.7. The van der Waals surface area contributed by atoms with Crippen molar-refractivity contribution in [2.75, 3.05) is 0 Å². The lowest BCUT2D eigenvalue weighted by atomic mass is 9.53. The molecule has 192 valence electrons. The first-order valence-electron chi connectivity index (χ1n) is 13.9. The quantitative estimate of drug-likeness (QED) is 0.275. The average molecular weight is 469 g/mol. The molecule has 34 heavy (non-hydrogen) atoms. The Morgan fingerprint density at radius 1 is 1.09 bits per heavy atom. The monoisotopic (exact) mass is 468 g/mol. The first-order chi connectivity index (χ1) is 15.7. The smallest absolute Gasteiger partial charge is 0.302 e. The minimum atomic E-state index is -0.162. The average Bonchev–Trinajstić information content (AvgIpc) is 2.73. The van der Waals surface area contributed by atoms with Gasteiger partial charge in [0.2, 0.25) is 0 Å². The first-order valence-corrected chi connectivity index (χ1v) is 13.9. The maximum Gasteiger partial charge on any atom is 0.302 e. The number of hydrogen-bond donors (Lipinski definition) is 0. The van der Waals surface area contributed by atoms with Crippen molar-refractivity contribution < 1.29 is 9.53 Å². The van der Waals surface area contributed by atoms with Crippen LogP contribution < -0.4 is 0 Å². The molecule has 0 aliphatic heterocycles. The van der Waals surface area contributed by atoms with Crippen LogP contribution in [-0.4, -0.2) is 12.1 Å². The van der Waals surface area contributed by atoms with Gasteiger partial charge in [-0.05, 0) is 107 Å². The molecule has 0 spiro atoms.